The monoisotopic (exact) mass is 234 g/mol. The molecule has 1 heterocycles. The predicted molar refractivity (Wildman–Crippen MR) is 62.2 cm³/mol. The van der Waals surface area contributed by atoms with E-state index in [9.17, 15) is 9.59 Å². The normalized spacial score (nSPS) is 18.1. The second-order valence-corrected chi connectivity index (χ2v) is 4.48. The van der Waals surface area contributed by atoms with Crippen molar-refractivity contribution in [1.29, 1.82) is 0 Å². The maximum absolute atomic E-state index is 11.0. The van der Waals surface area contributed by atoms with Gasteiger partial charge in [-0.25, -0.2) is 9.59 Å². The third-order valence-electron chi connectivity index (χ3n) is 3.08. The highest BCUT2D eigenvalue weighted by molar-refractivity contribution is 5.87. The van der Waals surface area contributed by atoms with E-state index in [0.29, 0.717) is 13.1 Å². The van der Waals surface area contributed by atoms with Gasteiger partial charge in [-0.2, -0.15) is 0 Å². The molecule has 0 unspecified atom stereocenters. The van der Waals surface area contributed by atoms with E-state index < -0.39 is 5.97 Å². The van der Waals surface area contributed by atoms with Crippen LogP contribution in [0.2, 0.25) is 0 Å². The molecule has 0 radical (unpaired) electrons. The summed E-state index contributed by atoms with van der Waals surface area (Å²) in [6, 6.07) is 6.63. The van der Waals surface area contributed by atoms with Gasteiger partial charge in [-0.05, 0) is 17.7 Å². The molecule has 1 aliphatic heterocycles. The highest BCUT2D eigenvalue weighted by atomic mass is 16.4. The van der Waals surface area contributed by atoms with E-state index in [4.69, 9.17) is 5.11 Å². The summed E-state index contributed by atoms with van der Waals surface area (Å²) in [7, 11) is 0. The van der Waals surface area contributed by atoms with Crippen LogP contribution in [0.25, 0.3) is 0 Å². The lowest BCUT2D eigenvalue weighted by Gasteiger charge is -2.34. The Hall–Kier alpha value is -2.04. The summed E-state index contributed by atoms with van der Waals surface area (Å²) < 4.78 is 0. The number of hydrogen-bond acceptors (Lipinski definition) is 2. The molecule has 5 nitrogen and oxygen atoms in total. The number of nitrogens with one attached hydrogen (secondary N) is 2. The predicted octanol–water partition coefficient (Wildman–Crippen LogP) is 0.955. The van der Waals surface area contributed by atoms with Crippen LogP contribution in [-0.4, -0.2) is 30.2 Å². The van der Waals surface area contributed by atoms with Crippen LogP contribution in [0.4, 0.5) is 4.79 Å². The molecule has 0 aromatic heterocycles. The minimum absolute atomic E-state index is 0.183. The standard InChI is InChI=1S/C12H14N2O3/c1-12(6-13-11(17)14-7-12)9-4-2-3-8(5-9)10(15)16/h2-5H,6-7H2,1H3,(H,15,16)(H2,13,14,17). The molecule has 0 aliphatic carbocycles. The third kappa shape index (κ3) is 2.22. The summed E-state index contributed by atoms with van der Waals surface area (Å²) in [6.45, 7) is 2.99. The second kappa shape index (κ2) is 4.08. The molecule has 1 aromatic carbocycles. The molecule has 17 heavy (non-hydrogen) atoms. The Morgan fingerprint density at radius 1 is 1.35 bits per heavy atom. The minimum atomic E-state index is -0.941. The van der Waals surface area contributed by atoms with E-state index in [1.54, 1.807) is 18.2 Å². The number of benzene rings is 1. The molecule has 0 saturated carbocycles. The Morgan fingerprint density at radius 3 is 2.59 bits per heavy atom. The lowest BCUT2D eigenvalue weighted by molar-refractivity contribution is 0.0696. The van der Waals surface area contributed by atoms with E-state index in [-0.39, 0.29) is 17.0 Å². The average Bonchev–Trinajstić information content (AvgIpc) is 2.33. The van der Waals surface area contributed by atoms with Crippen LogP contribution in [0.15, 0.2) is 24.3 Å². The quantitative estimate of drug-likeness (QED) is 0.713. The highest BCUT2D eigenvalue weighted by Crippen LogP contribution is 2.24. The first-order chi connectivity index (χ1) is 8.01. The van der Waals surface area contributed by atoms with Crippen molar-refractivity contribution in [2.24, 2.45) is 0 Å². The fourth-order valence-corrected chi connectivity index (χ4v) is 1.91. The zero-order chi connectivity index (χ0) is 12.5. The maximum atomic E-state index is 11.0. The van der Waals surface area contributed by atoms with Gasteiger partial charge in [0.15, 0.2) is 0 Å². The molecular weight excluding hydrogens is 220 g/mol. The number of carboxylic acid groups (broad SMARTS) is 1. The van der Waals surface area contributed by atoms with Gasteiger partial charge in [0.1, 0.15) is 0 Å². The molecule has 0 atom stereocenters. The number of amides is 2. The molecular formula is C12H14N2O3. The number of carbonyl (C=O) groups excluding carboxylic acids is 1. The van der Waals surface area contributed by atoms with E-state index in [1.807, 2.05) is 13.0 Å². The van der Waals surface area contributed by atoms with Crippen LogP contribution in [0, 0.1) is 0 Å². The first-order valence-electron chi connectivity index (χ1n) is 5.37. The zero-order valence-corrected chi connectivity index (χ0v) is 9.49. The summed E-state index contributed by atoms with van der Waals surface area (Å²) >= 11 is 0. The van der Waals surface area contributed by atoms with Gasteiger partial charge in [-0.15, -0.1) is 0 Å². The smallest absolute Gasteiger partial charge is 0.335 e. The molecule has 0 bridgehead atoms. The molecule has 2 amide bonds. The van der Waals surface area contributed by atoms with Gasteiger partial charge >= 0.3 is 12.0 Å². The Morgan fingerprint density at radius 2 is 2.00 bits per heavy atom. The van der Waals surface area contributed by atoms with Gasteiger partial charge in [-0.1, -0.05) is 19.1 Å². The van der Waals surface area contributed by atoms with Crippen molar-refractivity contribution < 1.29 is 14.7 Å². The van der Waals surface area contributed by atoms with Gasteiger partial charge in [0, 0.05) is 18.5 Å². The van der Waals surface area contributed by atoms with E-state index in [0.717, 1.165) is 5.56 Å². The largest absolute Gasteiger partial charge is 0.478 e. The van der Waals surface area contributed by atoms with E-state index >= 15 is 0 Å². The van der Waals surface area contributed by atoms with Gasteiger partial charge < -0.3 is 15.7 Å². The van der Waals surface area contributed by atoms with Crippen LogP contribution in [0.3, 0.4) is 0 Å². The topological polar surface area (TPSA) is 78.4 Å². The van der Waals surface area contributed by atoms with Gasteiger partial charge in [-0.3, -0.25) is 0 Å². The van der Waals surface area contributed by atoms with Gasteiger partial charge in [0.25, 0.3) is 0 Å². The first kappa shape index (κ1) is 11.4. The van der Waals surface area contributed by atoms with Gasteiger partial charge in [0.2, 0.25) is 0 Å². The molecule has 90 valence electrons. The van der Waals surface area contributed by atoms with Crippen LogP contribution < -0.4 is 10.6 Å². The van der Waals surface area contributed by atoms with E-state index in [2.05, 4.69) is 10.6 Å². The van der Waals surface area contributed by atoms with Crippen molar-refractivity contribution in [2.45, 2.75) is 12.3 Å². The maximum Gasteiger partial charge on any atom is 0.335 e. The number of carbonyl (C=O) groups is 2. The van der Waals surface area contributed by atoms with Crippen molar-refractivity contribution >= 4 is 12.0 Å². The Balaban J connectivity index is 2.30. The van der Waals surface area contributed by atoms with Crippen LogP contribution in [0.1, 0.15) is 22.8 Å². The number of hydrogen-bond donors (Lipinski definition) is 3. The zero-order valence-electron chi connectivity index (χ0n) is 9.49. The summed E-state index contributed by atoms with van der Waals surface area (Å²) in [6.07, 6.45) is 0. The lowest BCUT2D eigenvalue weighted by atomic mass is 9.80. The lowest BCUT2D eigenvalue weighted by Crippen LogP contribution is -2.55. The Bertz CT molecular complexity index is 461. The molecule has 1 aliphatic rings. The minimum Gasteiger partial charge on any atom is -0.478 e. The second-order valence-electron chi connectivity index (χ2n) is 4.48. The molecule has 3 N–H and O–H groups in total. The number of carboxylic acids is 1. The summed E-state index contributed by atoms with van der Waals surface area (Å²) in [5.41, 5.74) is 0.893. The van der Waals surface area contributed by atoms with Crippen molar-refractivity contribution in [3.8, 4) is 0 Å². The number of aromatic carboxylic acids is 1. The Labute approximate surface area is 98.8 Å². The van der Waals surface area contributed by atoms with Crippen molar-refractivity contribution in [3.05, 3.63) is 35.4 Å². The molecule has 1 aromatic rings. The number of urea groups is 1. The van der Waals surface area contributed by atoms with Crippen LogP contribution >= 0.6 is 0 Å². The average molecular weight is 234 g/mol. The number of rotatable bonds is 2. The SMILES string of the molecule is CC1(c2cccc(C(=O)O)c2)CNC(=O)NC1. The van der Waals surface area contributed by atoms with Crippen LogP contribution in [-0.2, 0) is 5.41 Å². The van der Waals surface area contributed by atoms with Crippen LogP contribution in [0.5, 0.6) is 0 Å². The summed E-state index contributed by atoms with van der Waals surface area (Å²) in [4.78, 5) is 21.9. The molecule has 5 heteroatoms. The van der Waals surface area contributed by atoms with Gasteiger partial charge in [0.05, 0.1) is 5.56 Å². The molecule has 1 saturated heterocycles. The molecule has 2 rings (SSSR count). The van der Waals surface area contributed by atoms with Crippen molar-refractivity contribution in [3.63, 3.8) is 0 Å². The summed E-state index contributed by atoms with van der Waals surface area (Å²) in [5.74, 6) is -0.941. The third-order valence-corrected chi connectivity index (χ3v) is 3.08. The fourth-order valence-electron chi connectivity index (χ4n) is 1.91. The van der Waals surface area contributed by atoms with Crippen molar-refractivity contribution in [2.75, 3.05) is 13.1 Å². The highest BCUT2D eigenvalue weighted by Gasteiger charge is 2.31. The van der Waals surface area contributed by atoms with E-state index in [1.165, 1.54) is 0 Å². The van der Waals surface area contributed by atoms with Crippen molar-refractivity contribution in [1.82, 2.24) is 10.6 Å². The molecule has 1 fully saturated rings. The molecule has 0 spiro atoms. The Kier molecular flexibility index (Phi) is 2.75. The first-order valence-corrected chi connectivity index (χ1v) is 5.37. The fraction of sp³-hybridized carbons (Fsp3) is 0.333. The summed E-state index contributed by atoms with van der Waals surface area (Å²) in [5, 5.41) is 14.4.